The fourth-order valence-electron chi connectivity index (χ4n) is 2.27. The number of rotatable bonds is 4. The third-order valence-electron chi connectivity index (χ3n) is 3.59. The molecule has 1 fully saturated rings. The molecule has 1 saturated carbocycles. The van der Waals surface area contributed by atoms with E-state index in [1.54, 1.807) is 0 Å². The molecule has 1 aromatic rings. The maximum atomic E-state index is 8.83. The van der Waals surface area contributed by atoms with Crippen LogP contribution in [0.4, 0.5) is 0 Å². The highest BCUT2D eigenvalue weighted by Crippen LogP contribution is 2.50. The summed E-state index contributed by atoms with van der Waals surface area (Å²) in [5.74, 6) is 0. The minimum absolute atomic E-state index is 0.220. The third kappa shape index (κ3) is 1.92. The molecular weight excluding hydrogens is 186 g/mol. The lowest BCUT2D eigenvalue weighted by molar-refractivity contribution is 0.299. The minimum Gasteiger partial charge on any atom is -0.396 e. The molecule has 2 rings (SSSR count). The van der Waals surface area contributed by atoms with Gasteiger partial charge in [0, 0.05) is 18.1 Å². The maximum Gasteiger partial charge on any atom is 0.0471 e. The van der Waals surface area contributed by atoms with Gasteiger partial charge >= 0.3 is 0 Å². The van der Waals surface area contributed by atoms with Crippen LogP contribution in [0.5, 0.6) is 0 Å². The van der Waals surface area contributed by atoms with E-state index in [0.29, 0.717) is 0 Å². The summed E-state index contributed by atoms with van der Waals surface area (Å²) < 4.78 is 0. The van der Waals surface area contributed by atoms with Crippen LogP contribution in [-0.2, 0) is 11.8 Å². The summed E-state index contributed by atoms with van der Waals surface area (Å²) in [7, 11) is 0. The number of aliphatic hydroxyl groups excluding tert-OH is 1. The maximum absolute atomic E-state index is 8.83. The first-order chi connectivity index (χ1) is 7.19. The lowest BCUT2D eigenvalue weighted by Crippen LogP contribution is -2.31. The molecule has 15 heavy (non-hydrogen) atoms. The van der Waals surface area contributed by atoms with Crippen LogP contribution in [0.25, 0.3) is 0 Å². The van der Waals surface area contributed by atoms with Crippen LogP contribution in [0, 0.1) is 0 Å². The molecule has 0 spiro atoms. The molecule has 0 aromatic heterocycles. The molecule has 0 amide bonds. The van der Waals surface area contributed by atoms with Crippen LogP contribution in [0.15, 0.2) is 24.3 Å². The molecule has 1 atom stereocenters. The van der Waals surface area contributed by atoms with Crippen molar-refractivity contribution in [2.75, 3.05) is 6.61 Å². The SMILES string of the molecule is CC(N)C1(c2ccc(CCO)cc2)CC1. The molecule has 3 N–H and O–H groups in total. The average Bonchev–Trinajstić information content (AvgIpc) is 3.00. The first kappa shape index (κ1) is 10.7. The van der Waals surface area contributed by atoms with E-state index in [1.807, 2.05) is 0 Å². The Morgan fingerprint density at radius 2 is 1.93 bits per heavy atom. The van der Waals surface area contributed by atoms with Crippen LogP contribution in [0.2, 0.25) is 0 Å². The number of hydrogen-bond acceptors (Lipinski definition) is 2. The van der Waals surface area contributed by atoms with Gasteiger partial charge in [0.15, 0.2) is 0 Å². The second-order valence-corrected chi connectivity index (χ2v) is 4.62. The minimum atomic E-state index is 0.220. The van der Waals surface area contributed by atoms with Crippen LogP contribution in [-0.4, -0.2) is 17.8 Å². The zero-order chi connectivity index (χ0) is 10.9. The molecule has 0 aliphatic heterocycles. The first-order valence-electron chi connectivity index (χ1n) is 5.65. The topological polar surface area (TPSA) is 46.2 Å². The molecule has 1 aliphatic carbocycles. The number of hydrogen-bond donors (Lipinski definition) is 2. The predicted molar refractivity (Wildman–Crippen MR) is 61.8 cm³/mol. The third-order valence-corrected chi connectivity index (χ3v) is 3.59. The first-order valence-corrected chi connectivity index (χ1v) is 5.65. The largest absolute Gasteiger partial charge is 0.396 e. The fourth-order valence-corrected chi connectivity index (χ4v) is 2.27. The van der Waals surface area contributed by atoms with Crippen molar-refractivity contribution < 1.29 is 5.11 Å². The van der Waals surface area contributed by atoms with Crippen LogP contribution in [0.1, 0.15) is 30.9 Å². The summed E-state index contributed by atoms with van der Waals surface area (Å²) in [6.07, 6.45) is 3.17. The van der Waals surface area contributed by atoms with E-state index in [-0.39, 0.29) is 18.1 Å². The van der Waals surface area contributed by atoms with Crippen molar-refractivity contribution >= 4 is 0 Å². The van der Waals surface area contributed by atoms with Crippen molar-refractivity contribution in [1.29, 1.82) is 0 Å². The van der Waals surface area contributed by atoms with Gasteiger partial charge < -0.3 is 10.8 Å². The summed E-state index contributed by atoms with van der Waals surface area (Å²) in [4.78, 5) is 0. The number of benzene rings is 1. The summed E-state index contributed by atoms with van der Waals surface area (Å²) in [6, 6.07) is 8.78. The Kier molecular flexibility index (Phi) is 2.81. The summed E-state index contributed by atoms with van der Waals surface area (Å²) in [6.45, 7) is 2.31. The van der Waals surface area contributed by atoms with Gasteiger partial charge in [0.05, 0.1) is 0 Å². The molecule has 0 saturated heterocycles. The highest BCUT2D eigenvalue weighted by atomic mass is 16.2. The van der Waals surface area contributed by atoms with Gasteiger partial charge in [-0.05, 0) is 37.3 Å². The van der Waals surface area contributed by atoms with Crippen molar-refractivity contribution in [3.8, 4) is 0 Å². The predicted octanol–water partition coefficient (Wildman–Crippen LogP) is 1.60. The van der Waals surface area contributed by atoms with E-state index in [2.05, 4.69) is 31.2 Å². The second kappa shape index (κ2) is 3.95. The van der Waals surface area contributed by atoms with Gasteiger partial charge in [0.1, 0.15) is 0 Å². The Balaban J connectivity index is 2.17. The van der Waals surface area contributed by atoms with E-state index in [1.165, 1.54) is 24.0 Å². The lowest BCUT2D eigenvalue weighted by atomic mass is 9.89. The molecule has 82 valence electrons. The molecule has 1 aliphatic rings. The van der Waals surface area contributed by atoms with Gasteiger partial charge in [-0.1, -0.05) is 24.3 Å². The van der Waals surface area contributed by atoms with Gasteiger partial charge in [-0.25, -0.2) is 0 Å². The lowest BCUT2D eigenvalue weighted by Gasteiger charge is -2.20. The molecule has 1 unspecified atom stereocenters. The van der Waals surface area contributed by atoms with Crippen molar-refractivity contribution in [2.45, 2.75) is 37.6 Å². The molecule has 0 heterocycles. The average molecular weight is 205 g/mol. The van der Waals surface area contributed by atoms with Crippen LogP contribution < -0.4 is 5.73 Å². The van der Waals surface area contributed by atoms with Gasteiger partial charge in [0.2, 0.25) is 0 Å². The molecule has 0 bridgehead atoms. The Morgan fingerprint density at radius 1 is 1.33 bits per heavy atom. The van der Waals surface area contributed by atoms with Gasteiger partial charge in [-0.3, -0.25) is 0 Å². The monoisotopic (exact) mass is 205 g/mol. The van der Waals surface area contributed by atoms with Crippen LogP contribution >= 0.6 is 0 Å². The quantitative estimate of drug-likeness (QED) is 0.784. The van der Waals surface area contributed by atoms with Gasteiger partial charge in [-0.15, -0.1) is 0 Å². The van der Waals surface area contributed by atoms with E-state index >= 15 is 0 Å². The smallest absolute Gasteiger partial charge is 0.0471 e. The standard InChI is InChI=1S/C13H19NO/c1-10(14)13(7-8-13)12-4-2-11(3-5-12)6-9-15/h2-5,10,15H,6-9,14H2,1H3. The molecule has 2 heteroatoms. The zero-order valence-corrected chi connectivity index (χ0v) is 9.24. The summed E-state index contributed by atoms with van der Waals surface area (Å²) in [5.41, 5.74) is 8.83. The zero-order valence-electron chi connectivity index (χ0n) is 9.24. The Labute approximate surface area is 91.1 Å². The van der Waals surface area contributed by atoms with Gasteiger partial charge in [0.25, 0.3) is 0 Å². The summed E-state index contributed by atoms with van der Waals surface area (Å²) >= 11 is 0. The highest BCUT2D eigenvalue weighted by molar-refractivity contribution is 5.35. The highest BCUT2D eigenvalue weighted by Gasteiger charge is 2.47. The van der Waals surface area contributed by atoms with Crippen molar-refractivity contribution in [3.63, 3.8) is 0 Å². The van der Waals surface area contributed by atoms with E-state index in [0.717, 1.165) is 6.42 Å². The van der Waals surface area contributed by atoms with E-state index in [4.69, 9.17) is 10.8 Å². The Morgan fingerprint density at radius 3 is 2.33 bits per heavy atom. The Bertz CT molecular complexity index is 325. The molecule has 1 aromatic carbocycles. The van der Waals surface area contributed by atoms with Crippen molar-refractivity contribution in [1.82, 2.24) is 0 Å². The number of aliphatic hydroxyl groups is 1. The number of nitrogens with two attached hydrogens (primary N) is 1. The van der Waals surface area contributed by atoms with Crippen molar-refractivity contribution in [2.24, 2.45) is 5.73 Å². The second-order valence-electron chi connectivity index (χ2n) is 4.62. The molecular formula is C13H19NO. The normalized spacial score (nSPS) is 19.9. The molecule has 0 radical (unpaired) electrons. The van der Waals surface area contributed by atoms with Crippen LogP contribution in [0.3, 0.4) is 0 Å². The van der Waals surface area contributed by atoms with E-state index in [9.17, 15) is 0 Å². The summed E-state index contributed by atoms with van der Waals surface area (Å²) in [5, 5.41) is 8.83. The fraction of sp³-hybridized carbons (Fsp3) is 0.538. The van der Waals surface area contributed by atoms with Gasteiger partial charge in [-0.2, -0.15) is 0 Å². The van der Waals surface area contributed by atoms with E-state index < -0.39 is 0 Å². The molecule has 2 nitrogen and oxygen atoms in total. The Hall–Kier alpha value is -0.860. The van der Waals surface area contributed by atoms with Crippen molar-refractivity contribution in [3.05, 3.63) is 35.4 Å².